The third kappa shape index (κ3) is 1.47. The minimum Gasteiger partial charge on any atom is -0.469 e. The lowest BCUT2D eigenvalue weighted by atomic mass is 9.61. The SMILES string of the molecule is C=C1C(=O)[C@]23C[C@@]1(Cl)CC[C@H]2[C@@]12C=CC(=O)[C@](C)(C(=O)O1)[C@H]2[C@@H]3C(=O)OC. The number of hydrogen-bond donors (Lipinski definition) is 0. The van der Waals surface area contributed by atoms with Gasteiger partial charge in [0.1, 0.15) is 11.0 Å². The first-order valence-electron chi connectivity index (χ1n) is 9.07. The van der Waals surface area contributed by atoms with Crippen LogP contribution in [0.4, 0.5) is 0 Å². The molecule has 5 rings (SSSR count). The van der Waals surface area contributed by atoms with Crippen LogP contribution < -0.4 is 0 Å². The number of alkyl halides is 1. The maximum Gasteiger partial charge on any atom is 0.321 e. The average Bonchev–Trinajstić information content (AvgIpc) is 3.04. The number of carbonyl (C=O) groups excluding carboxylic acids is 4. The van der Waals surface area contributed by atoms with E-state index in [1.165, 1.54) is 20.1 Å². The zero-order valence-corrected chi connectivity index (χ0v) is 15.8. The summed E-state index contributed by atoms with van der Waals surface area (Å²) in [5, 5.41) is 0. The van der Waals surface area contributed by atoms with Gasteiger partial charge in [-0.3, -0.25) is 19.2 Å². The molecule has 0 aromatic carbocycles. The van der Waals surface area contributed by atoms with E-state index >= 15 is 0 Å². The summed E-state index contributed by atoms with van der Waals surface area (Å²) in [5.41, 5.74) is -3.54. The van der Waals surface area contributed by atoms with Crippen molar-refractivity contribution in [3.05, 3.63) is 24.3 Å². The molecule has 5 aliphatic rings. The van der Waals surface area contributed by atoms with Crippen LogP contribution in [-0.2, 0) is 28.7 Å². The van der Waals surface area contributed by atoms with Crippen LogP contribution in [-0.4, -0.2) is 41.1 Å². The van der Waals surface area contributed by atoms with E-state index in [1.807, 2.05) is 0 Å². The maximum atomic E-state index is 13.5. The van der Waals surface area contributed by atoms with Crippen LogP contribution in [0.1, 0.15) is 26.2 Å². The van der Waals surface area contributed by atoms with Crippen molar-refractivity contribution in [3.8, 4) is 0 Å². The molecule has 7 heteroatoms. The molecular formula is C20H19ClO6. The van der Waals surface area contributed by atoms with Crippen LogP contribution in [0, 0.1) is 28.6 Å². The molecule has 0 N–H and O–H groups in total. The predicted octanol–water partition coefficient (Wildman–Crippen LogP) is 1.75. The fourth-order valence-electron chi connectivity index (χ4n) is 6.83. The lowest BCUT2D eigenvalue weighted by molar-refractivity contribution is -0.163. The highest BCUT2D eigenvalue weighted by molar-refractivity contribution is 6.32. The van der Waals surface area contributed by atoms with Gasteiger partial charge in [-0.05, 0) is 38.3 Å². The molecule has 1 saturated heterocycles. The lowest BCUT2D eigenvalue weighted by Gasteiger charge is -2.42. The molecule has 142 valence electrons. The van der Waals surface area contributed by atoms with Gasteiger partial charge in [0.05, 0.1) is 23.3 Å². The number of halogens is 1. The maximum absolute atomic E-state index is 13.5. The first-order chi connectivity index (χ1) is 12.6. The largest absolute Gasteiger partial charge is 0.469 e. The van der Waals surface area contributed by atoms with Crippen molar-refractivity contribution in [1.82, 2.24) is 0 Å². The highest BCUT2D eigenvalue weighted by Gasteiger charge is 2.86. The molecule has 0 aromatic rings. The van der Waals surface area contributed by atoms with E-state index in [0.29, 0.717) is 18.4 Å². The van der Waals surface area contributed by atoms with E-state index in [9.17, 15) is 19.2 Å². The molecule has 0 aromatic heterocycles. The normalized spacial score (nSPS) is 51.9. The number of hydrogen-bond acceptors (Lipinski definition) is 6. The van der Waals surface area contributed by atoms with Gasteiger partial charge in [-0.2, -0.15) is 0 Å². The van der Waals surface area contributed by atoms with Crippen molar-refractivity contribution in [2.75, 3.05) is 7.11 Å². The summed E-state index contributed by atoms with van der Waals surface area (Å²) >= 11 is 6.75. The minimum absolute atomic E-state index is 0.248. The molecule has 7 atom stereocenters. The minimum atomic E-state index is -1.52. The van der Waals surface area contributed by atoms with Gasteiger partial charge in [0.25, 0.3) is 0 Å². The number of fused-ring (bicyclic) bond motifs is 1. The summed E-state index contributed by atoms with van der Waals surface area (Å²) in [7, 11) is 1.25. The second kappa shape index (κ2) is 4.54. The van der Waals surface area contributed by atoms with Crippen LogP contribution >= 0.6 is 11.6 Å². The monoisotopic (exact) mass is 390 g/mol. The Morgan fingerprint density at radius 3 is 2.74 bits per heavy atom. The number of allylic oxidation sites excluding steroid dienone is 2. The average molecular weight is 391 g/mol. The summed E-state index contributed by atoms with van der Waals surface area (Å²) < 4.78 is 10.9. The standard InChI is InChI=1S/C20H19ClO6/c1-9-14(23)19-8-18(9,21)6-4-10(19)20-7-5-11(22)17(2,16(25)27-20)13(20)12(19)15(24)26-3/h5,7,10,12-13H,1,4,6,8H2,2-3H3/t10-,12-,13-,17+,18+,19-,20-/m1/s1. The highest BCUT2D eigenvalue weighted by Crippen LogP contribution is 2.76. The summed E-state index contributed by atoms with van der Waals surface area (Å²) in [6, 6.07) is 0. The Balaban J connectivity index is 1.83. The van der Waals surface area contributed by atoms with E-state index in [1.54, 1.807) is 6.08 Å². The Labute approximate surface area is 160 Å². The summed E-state index contributed by atoms with van der Waals surface area (Å²) in [6.45, 7) is 5.44. The smallest absolute Gasteiger partial charge is 0.321 e. The molecular weight excluding hydrogens is 372 g/mol. The van der Waals surface area contributed by atoms with E-state index < -0.39 is 56.8 Å². The van der Waals surface area contributed by atoms with Gasteiger partial charge in [-0.15, -0.1) is 11.6 Å². The van der Waals surface area contributed by atoms with E-state index in [4.69, 9.17) is 21.1 Å². The molecule has 4 aliphatic carbocycles. The zero-order valence-electron chi connectivity index (χ0n) is 15.0. The molecule has 1 spiro atoms. The summed E-state index contributed by atoms with van der Waals surface area (Å²) in [6.07, 6.45) is 4.21. The molecule has 0 unspecified atom stereocenters. The van der Waals surface area contributed by atoms with Crippen LogP contribution in [0.3, 0.4) is 0 Å². The number of carbonyl (C=O) groups is 4. The molecule has 0 radical (unpaired) electrons. The predicted molar refractivity (Wildman–Crippen MR) is 92.6 cm³/mol. The van der Waals surface area contributed by atoms with E-state index in [-0.39, 0.29) is 12.2 Å². The van der Waals surface area contributed by atoms with Crippen molar-refractivity contribution in [1.29, 1.82) is 0 Å². The molecule has 1 aliphatic heterocycles. The molecule has 3 saturated carbocycles. The van der Waals surface area contributed by atoms with Crippen LogP contribution in [0.15, 0.2) is 24.3 Å². The number of Topliss-reactive ketones (excluding diaryl/α,β-unsaturated/α-hetero) is 1. The Kier molecular flexibility index (Phi) is 2.89. The van der Waals surface area contributed by atoms with Crippen molar-refractivity contribution in [2.24, 2.45) is 28.6 Å². The fourth-order valence-corrected chi connectivity index (χ4v) is 7.25. The Bertz CT molecular complexity index is 906. The van der Waals surface area contributed by atoms with Gasteiger partial charge >= 0.3 is 11.9 Å². The Morgan fingerprint density at radius 2 is 2.07 bits per heavy atom. The molecule has 0 amide bonds. The van der Waals surface area contributed by atoms with Crippen molar-refractivity contribution in [2.45, 2.75) is 36.7 Å². The molecule has 1 heterocycles. The van der Waals surface area contributed by atoms with Gasteiger partial charge in [-0.25, -0.2) is 0 Å². The molecule has 27 heavy (non-hydrogen) atoms. The van der Waals surface area contributed by atoms with Gasteiger partial charge in [-0.1, -0.05) is 6.58 Å². The van der Waals surface area contributed by atoms with Crippen molar-refractivity contribution in [3.63, 3.8) is 0 Å². The molecule has 4 bridgehead atoms. The first-order valence-corrected chi connectivity index (χ1v) is 9.45. The zero-order chi connectivity index (χ0) is 19.6. The topological polar surface area (TPSA) is 86.7 Å². The van der Waals surface area contributed by atoms with Gasteiger partial charge in [0.15, 0.2) is 11.6 Å². The Morgan fingerprint density at radius 1 is 1.37 bits per heavy atom. The second-order valence-electron chi connectivity index (χ2n) is 8.70. The quantitative estimate of drug-likeness (QED) is 0.293. The first kappa shape index (κ1) is 17.2. The van der Waals surface area contributed by atoms with Crippen LogP contribution in [0.2, 0.25) is 0 Å². The van der Waals surface area contributed by atoms with E-state index in [0.717, 1.165) is 0 Å². The van der Waals surface area contributed by atoms with Gasteiger partial charge in [0, 0.05) is 17.4 Å². The molecule has 6 nitrogen and oxygen atoms in total. The van der Waals surface area contributed by atoms with Gasteiger partial charge < -0.3 is 9.47 Å². The second-order valence-corrected chi connectivity index (χ2v) is 9.43. The van der Waals surface area contributed by atoms with E-state index in [2.05, 4.69) is 6.58 Å². The van der Waals surface area contributed by atoms with Crippen LogP contribution in [0.5, 0.6) is 0 Å². The lowest BCUT2D eigenvalue weighted by Crippen LogP contribution is -2.49. The third-order valence-electron chi connectivity index (χ3n) is 7.96. The van der Waals surface area contributed by atoms with Crippen LogP contribution in [0.25, 0.3) is 0 Å². The number of methoxy groups -OCH3 is 1. The number of ketones is 2. The summed E-state index contributed by atoms with van der Waals surface area (Å²) in [4.78, 5) is 51.1. The van der Waals surface area contributed by atoms with Crippen molar-refractivity contribution < 1.29 is 28.7 Å². The molecule has 4 fully saturated rings. The highest BCUT2D eigenvalue weighted by atomic mass is 35.5. The summed E-state index contributed by atoms with van der Waals surface area (Å²) in [5.74, 6) is -4.12. The van der Waals surface area contributed by atoms with Gasteiger partial charge in [0.2, 0.25) is 0 Å². The number of esters is 2. The Hall–Kier alpha value is -1.95. The fraction of sp³-hybridized carbons (Fsp3) is 0.600. The number of ether oxygens (including phenoxy) is 2. The number of rotatable bonds is 1. The van der Waals surface area contributed by atoms with Crippen molar-refractivity contribution >= 4 is 35.1 Å². The third-order valence-corrected chi connectivity index (χ3v) is 8.51.